The van der Waals surface area contributed by atoms with E-state index in [1.807, 2.05) is 17.6 Å². The van der Waals surface area contributed by atoms with E-state index in [2.05, 4.69) is 25.6 Å². The van der Waals surface area contributed by atoms with Crippen LogP contribution in [0.2, 0.25) is 0 Å². The number of hydrogen-bond donors (Lipinski definition) is 2. The first kappa shape index (κ1) is 16.4. The molecule has 0 bridgehead atoms. The highest BCUT2D eigenvalue weighted by atomic mass is 32.1. The van der Waals surface area contributed by atoms with Crippen molar-refractivity contribution in [2.45, 2.75) is 0 Å². The van der Waals surface area contributed by atoms with Crippen molar-refractivity contribution >= 4 is 22.9 Å². The van der Waals surface area contributed by atoms with Crippen molar-refractivity contribution in [3.63, 3.8) is 0 Å². The first-order valence-corrected chi connectivity index (χ1v) is 8.83. The van der Waals surface area contributed by atoms with Crippen LogP contribution in [0, 0.1) is 0 Å². The van der Waals surface area contributed by atoms with E-state index in [9.17, 15) is 4.79 Å². The number of thiophene rings is 1. The molecule has 8 nitrogen and oxygen atoms in total. The minimum absolute atomic E-state index is 0.107. The van der Waals surface area contributed by atoms with Crippen LogP contribution in [0.15, 0.2) is 42.4 Å². The summed E-state index contributed by atoms with van der Waals surface area (Å²) in [5, 5.41) is 15.9. The maximum Gasteiger partial charge on any atom is 0.261 e. The summed E-state index contributed by atoms with van der Waals surface area (Å²) in [4.78, 5) is 17.3. The van der Waals surface area contributed by atoms with Crippen molar-refractivity contribution < 1.29 is 9.53 Å². The molecule has 0 fully saturated rings. The van der Waals surface area contributed by atoms with Crippen LogP contribution < -0.4 is 5.32 Å². The maximum absolute atomic E-state index is 12.1. The van der Waals surface area contributed by atoms with Gasteiger partial charge in [0.2, 0.25) is 0 Å². The summed E-state index contributed by atoms with van der Waals surface area (Å²) in [6, 6.07) is 1.86. The van der Waals surface area contributed by atoms with Gasteiger partial charge in [-0.1, -0.05) is 0 Å². The lowest BCUT2D eigenvalue weighted by atomic mass is 10.1. The summed E-state index contributed by atoms with van der Waals surface area (Å²) in [7, 11) is 1.60. The lowest BCUT2D eigenvalue weighted by Gasteiger charge is -2.01. The van der Waals surface area contributed by atoms with Gasteiger partial charge >= 0.3 is 0 Å². The largest absolute Gasteiger partial charge is 0.383 e. The number of H-pyrrole nitrogens is 1. The lowest BCUT2D eigenvalue weighted by Crippen LogP contribution is -2.26. The Morgan fingerprint density at radius 2 is 2.23 bits per heavy atom. The Bertz CT molecular complexity index is 1040. The third-order valence-corrected chi connectivity index (χ3v) is 4.84. The minimum Gasteiger partial charge on any atom is -0.383 e. The van der Waals surface area contributed by atoms with Gasteiger partial charge in [0, 0.05) is 48.9 Å². The molecule has 0 aliphatic rings. The molecule has 0 aliphatic carbocycles. The molecule has 4 aromatic rings. The van der Waals surface area contributed by atoms with Crippen LogP contribution in [0.4, 0.5) is 0 Å². The molecular weight excluding hydrogens is 352 g/mol. The molecule has 0 aliphatic heterocycles. The molecule has 0 unspecified atom stereocenters. The second-order valence-electron chi connectivity index (χ2n) is 5.60. The van der Waals surface area contributed by atoms with Gasteiger partial charge < -0.3 is 10.1 Å². The summed E-state index contributed by atoms with van der Waals surface area (Å²) in [6.45, 7) is 0.971. The fourth-order valence-electron chi connectivity index (χ4n) is 2.59. The van der Waals surface area contributed by atoms with Crippen molar-refractivity contribution in [2.75, 3.05) is 20.3 Å². The van der Waals surface area contributed by atoms with Gasteiger partial charge in [0.05, 0.1) is 23.9 Å². The van der Waals surface area contributed by atoms with Crippen LogP contribution in [0.1, 0.15) is 9.67 Å². The zero-order valence-electron chi connectivity index (χ0n) is 14.0. The molecule has 4 rings (SSSR count). The number of nitrogens with one attached hydrogen (secondary N) is 2. The Morgan fingerprint density at radius 3 is 3.04 bits per heavy atom. The molecule has 0 spiro atoms. The van der Waals surface area contributed by atoms with Crippen LogP contribution >= 0.6 is 11.3 Å². The van der Waals surface area contributed by atoms with Crippen LogP contribution in [0.25, 0.3) is 27.9 Å². The zero-order valence-corrected chi connectivity index (χ0v) is 14.8. The fourth-order valence-corrected chi connectivity index (χ4v) is 3.41. The van der Waals surface area contributed by atoms with Gasteiger partial charge in [-0.3, -0.25) is 9.89 Å². The van der Waals surface area contributed by atoms with E-state index in [0.717, 1.165) is 27.9 Å². The van der Waals surface area contributed by atoms with Crippen molar-refractivity contribution in [2.24, 2.45) is 0 Å². The Labute approximate surface area is 152 Å². The van der Waals surface area contributed by atoms with Crippen LogP contribution in [0.3, 0.4) is 0 Å². The van der Waals surface area contributed by atoms with E-state index in [4.69, 9.17) is 4.74 Å². The van der Waals surface area contributed by atoms with Gasteiger partial charge in [0.25, 0.3) is 5.91 Å². The van der Waals surface area contributed by atoms with Crippen molar-refractivity contribution in [1.82, 2.24) is 30.1 Å². The van der Waals surface area contributed by atoms with Crippen LogP contribution in [0.5, 0.6) is 0 Å². The Balaban J connectivity index is 1.60. The van der Waals surface area contributed by atoms with E-state index in [1.54, 1.807) is 36.4 Å². The number of carbonyl (C=O) groups is 1. The number of ether oxygens (including phenoxy) is 1. The predicted molar refractivity (Wildman–Crippen MR) is 98.1 cm³/mol. The molecule has 0 aromatic carbocycles. The third kappa shape index (κ3) is 3.09. The first-order valence-electron chi connectivity index (χ1n) is 7.95. The first-order chi connectivity index (χ1) is 12.8. The zero-order chi connectivity index (χ0) is 17.9. The maximum atomic E-state index is 12.1. The molecule has 4 heterocycles. The van der Waals surface area contributed by atoms with Crippen molar-refractivity contribution in [3.05, 3.63) is 47.3 Å². The molecule has 1 amide bonds. The summed E-state index contributed by atoms with van der Waals surface area (Å²) in [5.74, 6) is -0.107. The quantitative estimate of drug-likeness (QED) is 0.509. The summed E-state index contributed by atoms with van der Waals surface area (Å²) in [5.41, 5.74) is 4.41. The highest BCUT2D eigenvalue weighted by Gasteiger charge is 2.14. The molecule has 0 atom stereocenters. The molecular formula is C17H16N6O2S. The number of fused-ring (bicyclic) bond motifs is 1. The second kappa shape index (κ2) is 7.06. The number of methoxy groups -OCH3 is 1. The van der Waals surface area contributed by atoms with Gasteiger partial charge in [-0.15, -0.1) is 11.3 Å². The van der Waals surface area contributed by atoms with Gasteiger partial charge in [0.1, 0.15) is 0 Å². The van der Waals surface area contributed by atoms with Crippen LogP contribution in [-0.2, 0) is 4.74 Å². The predicted octanol–water partition coefficient (Wildman–Crippen LogP) is 2.22. The number of carbonyl (C=O) groups excluding carboxylic acids is 1. The number of rotatable bonds is 6. The minimum atomic E-state index is -0.107. The second-order valence-corrected chi connectivity index (χ2v) is 6.52. The van der Waals surface area contributed by atoms with Crippen molar-refractivity contribution in [1.29, 1.82) is 0 Å². The summed E-state index contributed by atoms with van der Waals surface area (Å²) in [6.07, 6.45) is 8.99. The lowest BCUT2D eigenvalue weighted by molar-refractivity contribution is 0.0941. The molecule has 132 valence electrons. The Kier molecular flexibility index (Phi) is 4.46. The Hall–Kier alpha value is -3.04. The molecule has 0 radical (unpaired) electrons. The van der Waals surface area contributed by atoms with Gasteiger partial charge in [-0.2, -0.15) is 10.2 Å². The molecule has 4 aromatic heterocycles. The molecule has 26 heavy (non-hydrogen) atoms. The average Bonchev–Trinajstić information content (AvgIpc) is 3.40. The third-order valence-electron chi connectivity index (χ3n) is 3.91. The fraction of sp³-hybridized carbons (Fsp3) is 0.176. The molecule has 0 saturated heterocycles. The number of aromatic nitrogens is 5. The van der Waals surface area contributed by atoms with Gasteiger partial charge in [0.15, 0.2) is 5.65 Å². The topological polar surface area (TPSA) is 97.2 Å². The summed E-state index contributed by atoms with van der Waals surface area (Å²) < 4.78 is 6.67. The number of amides is 1. The standard InChI is InChI=1S/C17H16N6O2S/c1-25-3-2-18-17(24)15-4-11(10-26-15)14-8-22-23-9-13(5-19-16(14)23)12-6-20-21-7-12/h4-10H,2-3H2,1H3,(H,18,24)(H,20,21). The van der Waals surface area contributed by atoms with E-state index >= 15 is 0 Å². The van der Waals surface area contributed by atoms with Gasteiger partial charge in [-0.05, 0) is 17.0 Å². The molecule has 9 heteroatoms. The average molecular weight is 368 g/mol. The van der Waals surface area contributed by atoms with E-state index in [0.29, 0.717) is 18.0 Å². The van der Waals surface area contributed by atoms with Crippen molar-refractivity contribution in [3.8, 4) is 22.3 Å². The number of aromatic amines is 1. The monoisotopic (exact) mass is 368 g/mol. The SMILES string of the molecule is COCCNC(=O)c1cc(-c2cnn3cc(-c4cn[nH]c4)cnc23)cs1. The summed E-state index contributed by atoms with van der Waals surface area (Å²) >= 11 is 1.39. The molecule has 2 N–H and O–H groups in total. The van der Waals surface area contributed by atoms with E-state index < -0.39 is 0 Å². The smallest absolute Gasteiger partial charge is 0.261 e. The molecule has 0 saturated carbocycles. The van der Waals surface area contributed by atoms with Crippen LogP contribution in [-0.4, -0.2) is 51.0 Å². The Morgan fingerprint density at radius 1 is 1.31 bits per heavy atom. The normalized spacial score (nSPS) is 11.1. The van der Waals surface area contributed by atoms with Gasteiger partial charge in [-0.25, -0.2) is 9.50 Å². The number of hydrogen-bond acceptors (Lipinski definition) is 6. The highest BCUT2D eigenvalue weighted by molar-refractivity contribution is 7.12. The number of nitrogens with zero attached hydrogens (tertiary/aromatic N) is 4. The van der Waals surface area contributed by atoms with E-state index in [-0.39, 0.29) is 5.91 Å². The van der Waals surface area contributed by atoms with E-state index in [1.165, 1.54) is 11.3 Å². The highest BCUT2D eigenvalue weighted by Crippen LogP contribution is 2.29.